The van der Waals surface area contributed by atoms with Gasteiger partial charge in [-0.3, -0.25) is 0 Å². The third kappa shape index (κ3) is 5.09. The topological polar surface area (TPSA) is 97.2 Å². The van der Waals surface area contributed by atoms with Crippen LogP contribution in [0.2, 0.25) is 0 Å². The fourth-order valence-electron chi connectivity index (χ4n) is 5.84. The van der Waals surface area contributed by atoms with Crippen LogP contribution < -0.4 is 4.90 Å². The molecule has 0 spiro atoms. The third-order valence-corrected chi connectivity index (χ3v) is 9.42. The van der Waals surface area contributed by atoms with Gasteiger partial charge in [0, 0.05) is 42.5 Å². The highest BCUT2D eigenvalue weighted by molar-refractivity contribution is 7.18. The molecule has 1 aromatic carbocycles. The Balaban J connectivity index is 1.20. The van der Waals surface area contributed by atoms with Crippen LogP contribution in [-0.4, -0.2) is 66.9 Å². The maximum atomic E-state index is 13.0. The van der Waals surface area contributed by atoms with E-state index in [9.17, 15) is 4.79 Å². The summed E-state index contributed by atoms with van der Waals surface area (Å²) < 4.78 is 6.81. The zero-order chi connectivity index (χ0) is 27.3. The molecule has 2 aliphatic rings. The largest absolute Gasteiger partial charge is 0.444 e. The van der Waals surface area contributed by atoms with Gasteiger partial charge in [0.25, 0.3) is 0 Å². The van der Waals surface area contributed by atoms with Crippen molar-refractivity contribution in [3.63, 3.8) is 0 Å². The lowest BCUT2D eigenvalue weighted by molar-refractivity contribution is -0.0214. The second kappa shape index (κ2) is 10.1. The number of benzene rings is 1. The summed E-state index contributed by atoms with van der Waals surface area (Å²) >= 11 is 3.27. The molecule has 5 heterocycles. The summed E-state index contributed by atoms with van der Waals surface area (Å²) in [4.78, 5) is 32.0. The van der Waals surface area contributed by atoms with E-state index in [0.29, 0.717) is 5.95 Å². The average molecular weight is 564 g/mol. The molecule has 39 heavy (non-hydrogen) atoms. The first-order valence-corrected chi connectivity index (χ1v) is 15.1. The van der Waals surface area contributed by atoms with Gasteiger partial charge in [0.15, 0.2) is 0 Å². The molecule has 6 rings (SSSR count). The van der Waals surface area contributed by atoms with Gasteiger partial charge in [-0.1, -0.05) is 12.1 Å². The van der Waals surface area contributed by atoms with E-state index in [2.05, 4.69) is 37.2 Å². The Morgan fingerprint density at radius 1 is 1.05 bits per heavy atom. The normalized spacial score (nSPS) is 21.3. The van der Waals surface area contributed by atoms with Crippen LogP contribution in [0.25, 0.3) is 31.9 Å². The SMILES string of the molecule is Cc1ncc(-c2ccc(-c3cnc(N(C)C4C[C@H]5CCC[C@@H](C4)N5C(=O)OC(C)(C)C)nn3)c3scnc23)s1. The highest BCUT2D eigenvalue weighted by Gasteiger charge is 2.44. The van der Waals surface area contributed by atoms with Gasteiger partial charge in [0.2, 0.25) is 5.95 Å². The Morgan fingerprint density at radius 3 is 2.44 bits per heavy atom. The van der Waals surface area contributed by atoms with Gasteiger partial charge in [-0.25, -0.2) is 19.7 Å². The number of piperidine rings is 2. The molecule has 0 saturated carbocycles. The number of carbonyl (C=O) groups is 1. The van der Waals surface area contributed by atoms with E-state index < -0.39 is 5.60 Å². The molecule has 2 bridgehead atoms. The fourth-order valence-corrected chi connectivity index (χ4v) is 7.48. The number of thiazole rings is 2. The molecule has 2 aliphatic heterocycles. The molecule has 9 nitrogen and oxygen atoms in total. The Labute approximate surface area is 236 Å². The average Bonchev–Trinajstić information content (AvgIpc) is 3.55. The molecule has 11 heteroatoms. The van der Waals surface area contributed by atoms with Crippen LogP contribution in [0.4, 0.5) is 10.7 Å². The number of amides is 1. The van der Waals surface area contributed by atoms with Crippen LogP contribution in [0.15, 0.2) is 30.0 Å². The van der Waals surface area contributed by atoms with Crippen molar-refractivity contribution in [2.75, 3.05) is 11.9 Å². The summed E-state index contributed by atoms with van der Waals surface area (Å²) in [5, 5.41) is 10.2. The summed E-state index contributed by atoms with van der Waals surface area (Å²) in [5.41, 5.74) is 5.12. The van der Waals surface area contributed by atoms with Gasteiger partial charge in [0.05, 0.1) is 31.8 Å². The molecule has 0 N–H and O–H groups in total. The highest BCUT2D eigenvalue weighted by Crippen LogP contribution is 2.39. The summed E-state index contributed by atoms with van der Waals surface area (Å²) in [6, 6.07) is 4.75. The van der Waals surface area contributed by atoms with Gasteiger partial charge < -0.3 is 14.5 Å². The molecule has 204 valence electrons. The van der Waals surface area contributed by atoms with Crippen molar-refractivity contribution < 1.29 is 9.53 Å². The molecule has 2 saturated heterocycles. The van der Waals surface area contributed by atoms with Crippen molar-refractivity contribution in [1.29, 1.82) is 0 Å². The molecule has 0 aliphatic carbocycles. The number of hydrogen-bond donors (Lipinski definition) is 0. The minimum atomic E-state index is -0.494. The molecule has 1 unspecified atom stereocenters. The third-order valence-electron chi connectivity index (χ3n) is 7.61. The molecule has 1 amide bonds. The number of rotatable bonds is 4. The summed E-state index contributed by atoms with van der Waals surface area (Å²) in [7, 11) is 2.04. The first kappa shape index (κ1) is 26.1. The van der Waals surface area contributed by atoms with Crippen LogP contribution in [0, 0.1) is 6.92 Å². The smallest absolute Gasteiger partial charge is 0.410 e. The number of hydrogen-bond acceptors (Lipinski definition) is 10. The van der Waals surface area contributed by atoms with Crippen LogP contribution in [-0.2, 0) is 4.74 Å². The van der Waals surface area contributed by atoms with Crippen molar-refractivity contribution >= 4 is 44.9 Å². The molecular formula is C28H33N7O2S2. The van der Waals surface area contributed by atoms with Gasteiger partial charge in [-0.2, -0.15) is 0 Å². The molecule has 3 aromatic heterocycles. The number of carbonyl (C=O) groups excluding carboxylic acids is 1. The molecular weight excluding hydrogens is 530 g/mol. The zero-order valence-corrected chi connectivity index (χ0v) is 24.6. The number of fused-ring (bicyclic) bond motifs is 3. The monoisotopic (exact) mass is 563 g/mol. The van der Waals surface area contributed by atoms with E-state index >= 15 is 0 Å². The van der Waals surface area contributed by atoms with Crippen molar-refractivity contribution in [2.45, 2.75) is 83.5 Å². The second-order valence-corrected chi connectivity index (χ2v) is 13.5. The minimum absolute atomic E-state index is 0.174. The fraction of sp³-hybridized carbons (Fsp3) is 0.500. The van der Waals surface area contributed by atoms with Crippen LogP contribution in [0.5, 0.6) is 0 Å². The summed E-state index contributed by atoms with van der Waals surface area (Å²) in [5.74, 6) is 0.602. The molecule has 2 fully saturated rings. The maximum absolute atomic E-state index is 13.0. The summed E-state index contributed by atoms with van der Waals surface area (Å²) in [6.45, 7) is 7.78. The second-order valence-electron chi connectivity index (χ2n) is 11.4. The number of aryl methyl sites for hydroxylation is 1. The first-order valence-electron chi connectivity index (χ1n) is 13.4. The predicted octanol–water partition coefficient (Wildman–Crippen LogP) is 6.34. The lowest BCUT2D eigenvalue weighted by atomic mass is 9.81. The van der Waals surface area contributed by atoms with E-state index in [-0.39, 0.29) is 24.2 Å². The van der Waals surface area contributed by atoms with E-state index in [1.165, 1.54) is 0 Å². The van der Waals surface area contributed by atoms with Gasteiger partial charge in [0.1, 0.15) is 11.3 Å². The Hall–Kier alpha value is -3.18. The predicted molar refractivity (Wildman–Crippen MR) is 155 cm³/mol. The first-order chi connectivity index (χ1) is 18.7. The Bertz CT molecular complexity index is 1480. The zero-order valence-electron chi connectivity index (χ0n) is 22.9. The molecule has 0 radical (unpaired) electrons. The van der Waals surface area contributed by atoms with Crippen LogP contribution in [0.3, 0.4) is 0 Å². The number of ether oxygens (including phenoxy) is 1. The van der Waals surface area contributed by atoms with Crippen molar-refractivity contribution in [3.05, 3.63) is 35.0 Å². The Kier molecular flexibility index (Phi) is 6.74. The summed E-state index contributed by atoms with van der Waals surface area (Å²) in [6.07, 6.45) is 8.42. The quantitative estimate of drug-likeness (QED) is 0.284. The van der Waals surface area contributed by atoms with Gasteiger partial charge in [-0.15, -0.1) is 32.9 Å². The lowest BCUT2D eigenvalue weighted by Gasteiger charge is -2.50. The van der Waals surface area contributed by atoms with Crippen LogP contribution in [0.1, 0.15) is 57.9 Å². The standard InChI is InChI=1S/C28H33N7O2S2/c1-16-29-14-23(39-16)21-10-9-20(25-24(21)31-15-38-25)22-13-30-26(33-32-22)34(5)19-11-17-7-6-8-18(12-19)35(17)27(36)37-28(2,3)4/h9-10,13-15,17-19H,6-8,11-12H2,1-5H3/t17-,18+,19?. The number of anilines is 1. The van der Waals surface area contributed by atoms with E-state index in [0.717, 1.165) is 69.0 Å². The van der Waals surface area contributed by atoms with E-state index in [1.807, 2.05) is 51.3 Å². The number of nitrogens with zero attached hydrogens (tertiary/aromatic N) is 7. The van der Waals surface area contributed by atoms with Crippen LogP contribution >= 0.6 is 22.7 Å². The highest BCUT2D eigenvalue weighted by atomic mass is 32.1. The van der Waals surface area contributed by atoms with Gasteiger partial charge >= 0.3 is 6.09 Å². The van der Waals surface area contributed by atoms with Crippen molar-refractivity contribution in [2.24, 2.45) is 0 Å². The lowest BCUT2D eigenvalue weighted by Crippen LogP contribution is -2.59. The van der Waals surface area contributed by atoms with E-state index in [1.54, 1.807) is 28.9 Å². The van der Waals surface area contributed by atoms with E-state index in [4.69, 9.17) is 9.72 Å². The molecule has 4 aromatic rings. The van der Waals surface area contributed by atoms with Gasteiger partial charge in [-0.05, 0) is 59.8 Å². The van der Waals surface area contributed by atoms with Crippen molar-refractivity contribution in [3.8, 4) is 21.7 Å². The van der Waals surface area contributed by atoms with Crippen molar-refractivity contribution in [1.82, 2.24) is 30.0 Å². The maximum Gasteiger partial charge on any atom is 0.410 e. The molecule has 3 atom stereocenters. The minimum Gasteiger partial charge on any atom is -0.444 e. The Morgan fingerprint density at radius 2 is 1.79 bits per heavy atom. The number of aromatic nitrogens is 5.